The summed E-state index contributed by atoms with van der Waals surface area (Å²) >= 11 is 7.01. The highest BCUT2D eigenvalue weighted by Gasteiger charge is 2.47. The van der Waals surface area contributed by atoms with Gasteiger partial charge in [0, 0.05) is 0 Å². The summed E-state index contributed by atoms with van der Waals surface area (Å²) in [7, 11) is 0. The van der Waals surface area contributed by atoms with Crippen LogP contribution in [0.1, 0.15) is 27.8 Å². The van der Waals surface area contributed by atoms with Crippen LogP contribution >= 0.6 is 31.9 Å². The van der Waals surface area contributed by atoms with Gasteiger partial charge in [-0.05, 0) is 78.4 Å². The van der Waals surface area contributed by atoms with Gasteiger partial charge in [-0.2, -0.15) is 5.26 Å². The fraction of sp³-hybridized carbons (Fsp3) is 0.0400. The molecule has 0 atom stereocenters. The lowest BCUT2D eigenvalue weighted by molar-refractivity contribution is 0.764. The van der Waals surface area contributed by atoms with Crippen molar-refractivity contribution in [3.05, 3.63) is 121 Å². The third kappa shape index (κ3) is 2.91. The highest BCUT2D eigenvalue weighted by Crippen LogP contribution is 2.55. The molecule has 31 heavy (non-hydrogen) atoms. The molecule has 1 aliphatic rings. The number of hydrogen-bond acceptors (Lipinski definition) is 3. The molecule has 4 nitrogen and oxygen atoms in total. The number of fused-ring (bicyclic) bond motifs is 3. The maximum absolute atomic E-state index is 9.30. The number of nitrogens with zero attached hydrogens (tertiary/aromatic N) is 4. The predicted octanol–water partition coefficient (Wildman–Crippen LogP) is 6.79. The average molecular weight is 528 g/mol. The number of rotatable bonds is 2. The van der Waals surface area contributed by atoms with Gasteiger partial charge in [0.1, 0.15) is 9.21 Å². The van der Waals surface area contributed by atoms with Crippen molar-refractivity contribution in [2.45, 2.75) is 5.41 Å². The Morgan fingerprint density at radius 1 is 0.742 bits per heavy atom. The molecule has 146 valence electrons. The molecule has 0 fully saturated rings. The number of pyridine rings is 2. The minimum Gasteiger partial charge on any atom is -0.239 e. The maximum atomic E-state index is 9.30. The van der Waals surface area contributed by atoms with Crippen LogP contribution in [0.25, 0.3) is 16.2 Å². The third-order valence-electron chi connectivity index (χ3n) is 5.63. The van der Waals surface area contributed by atoms with Crippen LogP contribution in [-0.4, -0.2) is 9.97 Å². The molecule has 6 heteroatoms. The largest absolute Gasteiger partial charge is 0.239 e. The van der Waals surface area contributed by atoms with Gasteiger partial charge < -0.3 is 0 Å². The molecule has 4 aromatic rings. The first-order chi connectivity index (χ1) is 15.1. The van der Waals surface area contributed by atoms with E-state index in [0.717, 1.165) is 42.8 Å². The van der Waals surface area contributed by atoms with Gasteiger partial charge in [-0.3, -0.25) is 0 Å². The van der Waals surface area contributed by atoms with E-state index in [1.807, 2.05) is 60.7 Å². The fourth-order valence-corrected chi connectivity index (χ4v) is 4.97. The molecular weight excluding hydrogens is 516 g/mol. The first-order valence-electron chi connectivity index (χ1n) is 9.41. The minimum absolute atomic E-state index is 0.583. The zero-order valence-electron chi connectivity index (χ0n) is 16.0. The first kappa shape index (κ1) is 19.6. The van der Waals surface area contributed by atoms with E-state index in [1.54, 1.807) is 0 Å². The Labute approximate surface area is 196 Å². The molecule has 0 radical (unpaired) electrons. The normalized spacial score (nSPS) is 13.0. The van der Waals surface area contributed by atoms with E-state index in [-0.39, 0.29) is 0 Å². The lowest BCUT2D eigenvalue weighted by Gasteiger charge is -2.33. The first-order valence-corrected chi connectivity index (χ1v) is 11.0. The van der Waals surface area contributed by atoms with Crippen molar-refractivity contribution in [3.8, 4) is 17.5 Å². The minimum atomic E-state index is -0.666. The molecule has 0 unspecified atom stereocenters. The summed E-state index contributed by atoms with van der Waals surface area (Å²) in [5.41, 5.74) is 6.18. The van der Waals surface area contributed by atoms with Crippen LogP contribution < -0.4 is 0 Å². The van der Waals surface area contributed by atoms with E-state index in [4.69, 9.17) is 16.5 Å². The zero-order chi connectivity index (χ0) is 21.6. The van der Waals surface area contributed by atoms with Crippen LogP contribution in [0.5, 0.6) is 0 Å². The lowest BCUT2D eigenvalue weighted by Crippen LogP contribution is -2.28. The number of benzene rings is 2. The monoisotopic (exact) mass is 526 g/mol. The quantitative estimate of drug-likeness (QED) is 0.187. The van der Waals surface area contributed by atoms with E-state index in [1.165, 1.54) is 0 Å². The van der Waals surface area contributed by atoms with E-state index >= 15 is 0 Å². The van der Waals surface area contributed by atoms with Crippen LogP contribution in [0.15, 0.2) is 82.0 Å². The maximum Gasteiger partial charge on any atom is 0.187 e. The van der Waals surface area contributed by atoms with Crippen LogP contribution in [0.3, 0.4) is 0 Å². The van der Waals surface area contributed by atoms with Gasteiger partial charge in [0.2, 0.25) is 0 Å². The molecule has 0 amide bonds. The molecule has 0 aliphatic heterocycles. The van der Waals surface area contributed by atoms with Crippen molar-refractivity contribution in [2.75, 3.05) is 0 Å². The summed E-state index contributed by atoms with van der Waals surface area (Å²) in [5.74, 6) is 0. The highest BCUT2D eigenvalue weighted by molar-refractivity contribution is 9.10. The fourth-order valence-electron chi connectivity index (χ4n) is 4.35. The molecule has 0 spiro atoms. The van der Waals surface area contributed by atoms with Crippen LogP contribution in [0.4, 0.5) is 5.69 Å². The molecule has 5 rings (SSSR count). The molecule has 0 saturated carbocycles. The van der Waals surface area contributed by atoms with Crippen LogP contribution in [0.2, 0.25) is 0 Å². The Kier molecular flexibility index (Phi) is 4.70. The average Bonchev–Trinajstić information content (AvgIpc) is 3.09. The van der Waals surface area contributed by atoms with Crippen molar-refractivity contribution in [1.29, 1.82) is 5.26 Å². The number of nitriles is 1. The van der Waals surface area contributed by atoms with Crippen LogP contribution in [-0.2, 0) is 5.41 Å². The summed E-state index contributed by atoms with van der Waals surface area (Å²) in [4.78, 5) is 13.1. The van der Waals surface area contributed by atoms with Gasteiger partial charge in [-0.25, -0.2) is 14.8 Å². The topological polar surface area (TPSA) is 53.9 Å². The summed E-state index contributed by atoms with van der Waals surface area (Å²) in [5, 5.41) is 9.30. The van der Waals surface area contributed by atoms with E-state index < -0.39 is 5.41 Å². The number of hydrogen-bond donors (Lipinski definition) is 0. The molecule has 0 bridgehead atoms. The van der Waals surface area contributed by atoms with Gasteiger partial charge in [-0.15, -0.1) is 0 Å². The van der Waals surface area contributed by atoms with Crippen molar-refractivity contribution in [1.82, 2.24) is 9.97 Å². The van der Waals surface area contributed by atoms with Crippen molar-refractivity contribution >= 4 is 37.5 Å². The smallest absolute Gasteiger partial charge is 0.187 e. The Balaban J connectivity index is 1.93. The lowest BCUT2D eigenvalue weighted by atomic mass is 9.68. The molecule has 2 aromatic carbocycles. The second-order valence-electron chi connectivity index (χ2n) is 7.16. The van der Waals surface area contributed by atoms with Gasteiger partial charge in [-0.1, -0.05) is 48.5 Å². The van der Waals surface area contributed by atoms with Crippen molar-refractivity contribution < 1.29 is 0 Å². The van der Waals surface area contributed by atoms with Crippen molar-refractivity contribution in [2.24, 2.45) is 0 Å². The number of halogens is 2. The summed E-state index contributed by atoms with van der Waals surface area (Å²) in [6, 6.07) is 25.5. The molecule has 1 aliphatic carbocycles. The summed E-state index contributed by atoms with van der Waals surface area (Å²) < 4.78 is 1.47. The summed E-state index contributed by atoms with van der Waals surface area (Å²) in [6.07, 6.45) is 0. The Morgan fingerprint density at radius 2 is 1.23 bits per heavy atom. The standard InChI is InChI=1S/C25H12Br2N4/c1-29-18-8-6-17(7-9-18)25(16-4-2-15(14-28)3-5-16)19-10-12-21(26)30-23(19)24-20(25)11-13-22(27)31-24/h2-13H. The van der Waals surface area contributed by atoms with Crippen molar-refractivity contribution in [3.63, 3.8) is 0 Å². The molecule has 0 N–H and O–H groups in total. The molecular formula is C25H12Br2N4. The van der Waals surface area contributed by atoms with E-state index in [9.17, 15) is 5.26 Å². The number of aromatic nitrogens is 2. The van der Waals surface area contributed by atoms with E-state index in [2.05, 4.69) is 54.9 Å². The SMILES string of the molecule is [C-]#[N+]c1ccc(C2(c3ccc(C#N)cc3)c3ccc(Br)nc3-c3nc(Br)ccc32)cc1. The molecule has 0 saturated heterocycles. The Morgan fingerprint density at radius 3 is 1.68 bits per heavy atom. The Bertz CT molecular complexity index is 1300. The van der Waals surface area contributed by atoms with Gasteiger partial charge >= 0.3 is 0 Å². The third-order valence-corrected chi connectivity index (χ3v) is 6.51. The van der Waals surface area contributed by atoms with Gasteiger partial charge in [0.05, 0.1) is 35.0 Å². The molecule has 2 aromatic heterocycles. The second-order valence-corrected chi connectivity index (χ2v) is 8.78. The zero-order valence-corrected chi connectivity index (χ0v) is 19.1. The molecule has 2 heterocycles. The van der Waals surface area contributed by atoms with Gasteiger partial charge in [0.25, 0.3) is 0 Å². The van der Waals surface area contributed by atoms with E-state index in [0.29, 0.717) is 11.3 Å². The summed E-state index contributed by atoms with van der Waals surface area (Å²) in [6.45, 7) is 7.33. The van der Waals surface area contributed by atoms with Gasteiger partial charge in [0.15, 0.2) is 5.69 Å². The second kappa shape index (κ2) is 7.42. The predicted molar refractivity (Wildman–Crippen MR) is 126 cm³/mol. The van der Waals surface area contributed by atoms with Crippen LogP contribution in [0, 0.1) is 17.9 Å². The Hall–Kier alpha value is -3.32. The highest BCUT2D eigenvalue weighted by atomic mass is 79.9.